The number of carbonyl (C=O) groups excluding carboxylic acids is 2. The number of benzene rings is 2. The van der Waals surface area contributed by atoms with Gasteiger partial charge in [-0.3, -0.25) is 9.52 Å². The Morgan fingerprint density at radius 1 is 1.03 bits per heavy atom. The third kappa shape index (κ3) is 5.65. The summed E-state index contributed by atoms with van der Waals surface area (Å²) in [7, 11) is -3.74. The van der Waals surface area contributed by atoms with Crippen LogP contribution in [0, 0.1) is 5.82 Å². The fourth-order valence-corrected chi connectivity index (χ4v) is 5.35. The smallest absolute Gasteiger partial charge is 0.338 e. The van der Waals surface area contributed by atoms with Crippen molar-refractivity contribution in [3.05, 3.63) is 75.8 Å². The van der Waals surface area contributed by atoms with E-state index < -0.39 is 34.3 Å². The van der Waals surface area contributed by atoms with Gasteiger partial charge in [0, 0.05) is 5.69 Å². The van der Waals surface area contributed by atoms with Gasteiger partial charge in [-0.25, -0.2) is 17.6 Å². The molecule has 0 fully saturated rings. The van der Waals surface area contributed by atoms with E-state index in [4.69, 9.17) is 4.74 Å². The van der Waals surface area contributed by atoms with Crippen molar-refractivity contribution in [1.29, 1.82) is 0 Å². The fraction of sp³-hybridized carbons (Fsp3) is 0.0526. The normalized spacial score (nSPS) is 11.0. The summed E-state index contributed by atoms with van der Waals surface area (Å²) in [6.07, 6.45) is 0. The molecule has 0 aliphatic rings. The Morgan fingerprint density at radius 2 is 1.73 bits per heavy atom. The van der Waals surface area contributed by atoms with Crippen molar-refractivity contribution in [2.45, 2.75) is 4.21 Å². The van der Waals surface area contributed by atoms with E-state index in [0.717, 1.165) is 11.3 Å². The molecule has 1 heterocycles. The zero-order valence-electron chi connectivity index (χ0n) is 15.1. The van der Waals surface area contributed by atoms with Crippen molar-refractivity contribution in [1.82, 2.24) is 0 Å². The lowest BCUT2D eigenvalue weighted by Crippen LogP contribution is -2.21. The largest absolute Gasteiger partial charge is 0.452 e. The Morgan fingerprint density at radius 3 is 2.37 bits per heavy atom. The summed E-state index contributed by atoms with van der Waals surface area (Å²) < 4.78 is 46.2. The zero-order chi connectivity index (χ0) is 21.7. The van der Waals surface area contributed by atoms with Crippen molar-refractivity contribution in [2.75, 3.05) is 16.6 Å². The fourth-order valence-electron chi connectivity index (χ4n) is 2.29. The van der Waals surface area contributed by atoms with E-state index in [0.29, 0.717) is 3.79 Å². The van der Waals surface area contributed by atoms with Crippen LogP contribution in [0.25, 0.3) is 0 Å². The Hall–Kier alpha value is -2.76. The van der Waals surface area contributed by atoms with Crippen LogP contribution in [0.2, 0.25) is 0 Å². The summed E-state index contributed by atoms with van der Waals surface area (Å²) >= 11 is 4.27. The second-order valence-electron chi connectivity index (χ2n) is 5.85. The van der Waals surface area contributed by atoms with Crippen LogP contribution in [0.5, 0.6) is 0 Å². The topological polar surface area (TPSA) is 102 Å². The molecule has 0 radical (unpaired) electrons. The van der Waals surface area contributed by atoms with Crippen molar-refractivity contribution in [3.63, 3.8) is 0 Å². The van der Waals surface area contributed by atoms with Gasteiger partial charge < -0.3 is 10.1 Å². The van der Waals surface area contributed by atoms with Gasteiger partial charge in [0.2, 0.25) is 0 Å². The minimum atomic E-state index is -3.74. The van der Waals surface area contributed by atoms with Crippen LogP contribution in [0.4, 0.5) is 15.8 Å². The molecule has 0 bridgehead atoms. The Labute approximate surface area is 184 Å². The van der Waals surface area contributed by atoms with Gasteiger partial charge in [-0.05, 0) is 64.5 Å². The minimum Gasteiger partial charge on any atom is -0.452 e. The standard InChI is InChI=1S/C19H14BrFN2O5S2/c20-16-9-10-18(29-16)30(26,27)23-13-7-5-12(6-8-13)19(25)28-11-17(24)22-15-4-2-1-3-14(15)21/h1-10,23H,11H2,(H,22,24). The first kappa shape index (κ1) is 21.9. The molecule has 1 aromatic heterocycles. The number of carbonyl (C=O) groups is 2. The van der Waals surface area contributed by atoms with Gasteiger partial charge in [0.15, 0.2) is 6.61 Å². The zero-order valence-corrected chi connectivity index (χ0v) is 18.3. The number of halogens is 2. The number of para-hydroxylation sites is 1. The van der Waals surface area contributed by atoms with Crippen LogP contribution in [-0.2, 0) is 19.6 Å². The molecule has 2 N–H and O–H groups in total. The molecule has 0 unspecified atom stereocenters. The summed E-state index contributed by atoms with van der Waals surface area (Å²) in [6.45, 7) is -0.602. The number of anilines is 2. The number of hydrogen-bond acceptors (Lipinski definition) is 6. The summed E-state index contributed by atoms with van der Waals surface area (Å²) in [6, 6.07) is 14.2. The Kier molecular flexibility index (Phi) is 6.85. The van der Waals surface area contributed by atoms with E-state index in [1.807, 2.05) is 0 Å². The highest BCUT2D eigenvalue weighted by molar-refractivity contribution is 9.11. The van der Waals surface area contributed by atoms with Gasteiger partial charge in [0.05, 0.1) is 15.0 Å². The lowest BCUT2D eigenvalue weighted by Gasteiger charge is -2.09. The predicted octanol–water partition coefficient (Wildman–Crippen LogP) is 4.25. The number of rotatable bonds is 7. The van der Waals surface area contributed by atoms with Crippen LogP contribution in [0.3, 0.4) is 0 Å². The molecule has 156 valence electrons. The number of thiophene rings is 1. The lowest BCUT2D eigenvalue weighted by atomic mass is 10.2. The molecule has 0 aliphatic carbocycles. The molecule has 0 spiro atoms. The summed E-state index contributed by atoms with van der Waals surface area (Å²) in [4.78, 5) is 23.9. The van der Waals surface area contributed by atoms with Gasteiger partial charge >= 0.3 is 5.97 Å². The predicted molar refractivity (Wildman–Crippen MR) is 115 cm³/mol. The number of esters is 1. The first-order valence-electron chi connectivity index (χ1n) is 8.34. The highest BCUT2D eigenvalue weighted by atomic mass is 79.9. The maximum Gasteiger partial charge on any atom is 0.338 e. The number of hydrogen-bond donors (Lipinski definition) is 2. The summed E-state index contributed by atoms with van der Waals surface area (Å²) in [5.41, 5.74) is 0.358. The van der Waals surface area contributed by atoms with Gasteiger partial charge in [-0.2, -0.15) is 0 Å². The van der Waals surface area contributed by atoms with E-state index in [1.54, 1.807) is 12.1 Å². The highest BCUT2D eigenvalue weighted by Crippen LogP contribution is 2.27. The molecule has 0 aliphatic heterocycles. The maximum atomic E-state index is 13.5. The average Bonchev–Trinajstić information content (AvgIpc) is 3.16. The minimum absolute atomic E-state index is 0.0204. The molecule has 2 aromatic carbocycles. The van der Waals surface area contributed by atoms with Crippen molar-refractivity contribution in [3.8, 4) is 0 Å². The molecule has 0 saturated carbocycles. The lowest BCUT2D eigenvalue weighted by molar-refractivity contribution is -0.119. The van der Waals surface area contributed by atoms with Crippen LogP contribution < -0.4 is 10.0 Å². The Bertz CT molecular complexity index is 1180. The van der Waals surface area contributed by atoms with Crippen LogP contribution in [-0.4, -0.2) is 26.9 Å². The third-order valence-corrected chi connectivity index (χ3v) is 7.17. The van der Waals surface area contributed by atoms with Gasteiger partial charge in [-0.1, -0.05) is 12.1 Å². The first-order chi connectivity index (χ1) is 14.2. The molecule has 3 aromatic rings. The molecule has 0 saturated heterocycles. The molecule has 30 heavy (non-hydrogen) atoms. The van der Waals surface area contributed by atoms with Crippen LogP contribution in [0.15, 0.2) is 68.7 Å². The monoisotopic (exact) mass is 512 g/mol. The second kappa shape index (κ2) is 9.37. The van der Waals surface area contributed by atoms with Crippen molar-refractivity contribution < 1.29 is 27.1 Å². The van der Waals surface area contributed by atoms with E-state index in [2.05, 4.69) is 26.0 Å². The highest BCUT2D eigenvalue weighted by Gasteiger charge is 2.17. The van der Waals surface area contributed by atoms with Gasteiger partial charge in [-0.15, -0.1) is 11.3 Å². The molecular formula is C19H14BrFN2O5S2. The molecular weight excluding hydrogens is 499 g/mol. The number of amides is 1. The number of ether oxygens (including phenoxy) is 1. The third-order valence-electron chi connectivity index (χ3n) is 3.67. The molecule has 0 atom stereocenters. The van der Waals surface area contributed by atoms with Gasteiger partial charge in [0.1, 0.15) is 10.0 Å². The van der Waals surface area contributed by atoms with E-state index in [9.17, 15) is 22.4 Å². The van der Waals surface area contributed by atoms with Crippen molar-refractivity contribution >= 4 is 60.5 Å². The second-order valence-corrected chi connectivity index (χ2v) is 10.2. The summed E-state index contributed by atoms with van der Waals surface area (Å²) in [5, 5.41) is 2.30. The molecule has 1 amide bonds. The molecule has 7 nitrogen and oxygen atoms in total. The first-order valence-corrected chi connectivity index (χ1v) is 11.4. The number of nitrogens with one attached hydrogen (secondary N) is 2. The van der Waals surface area contributed by atoms with Crippen molar-refractivity contribution in [2.24, 2.45) is 0 Å². The van der Waals surface area contributed by atoms with E-state index in [-0.39, 0.29) is 21.1 Å². The van der Waals surface area contributed by atoms with E-state index >= 15 is 0 Å². The average molecular weight is 513 g/mol. The quantitative estimate of drug-likeness (QED) is 0.461. The van der Waals surface area contributed by atoms with Crippen LogP contribution in [0.1, 0.15) is 10.4 Å². The number of sulfonamides is 1. The van der Waals surface area contributed by atoms with E-state index in [1.165, 1.54) is 48.5 Å². The van der Waals surface area contributed by atoms with Gasteiger partial charge in [0.25, 0.3) is 15.9 Å². The molecule has 3 rings (SSSR count). The Balaban J connectivity index is 1.56. The molecule has 11 heteroatoms. The summed E-state index contributed by atoms with van der Waals surface area (Å²) in [5.74, 6) is -2.08. The SMILES string of the molecule is O=C(COC(=O)c1ccc(NS(=O)(=O)c2ccc(Br)s2)cc1)Nc1ccccc1F. The van der Waals surface area contributed by atoms with Crippen LogP contribution >= 0.6 is 27.3 Å². The maximum absolute atomic E-state index is 13.5.